The van der Waals surface area contributed by atoms with Crippen LogP contribution in [0.25, 0.3) is 0 Å². The minimum absolute atomic E-state index is 0.00615. The summed E-state index contributed by atoms with van der Waals surface area (Å²) in [5, 5.41) is 0.262. The molecular formula is C15H22ClN3O. The summed E-state index contributed by atoms with van der Waals surface area (Å²) in [6.45, 7) is 8.37. The number of nitrogen functional groups attached to an aromatic ring is 1. The van der Waals surface area contributed by atoms with Crippen LogP contribution in [0.2, 0.25) is 5.15 Å². The highest BCUT2D eigenvalue weighted by Gasteiger charge is 2.30. The van der Waals surface area contributed by atoms with Crippen LogP contribution in [0.4, 0.5) is 5.82 Å². The molecule has 1 fully saturated rings. The first-order valence-electron chi connectivity index (χ1n) is 6.99. The third-order valence-electron chi connectivity index (χ3n) is 4.07. The van der Waals surface area contributed by atoms with Gasteiger partial charge in [0.2, 0.25) is 0 Å². The van der Waals surface area contributed by atoms with Crippen LogP contribution >= 0.6 is 11.6 Å². The average Bonchev–Trinajstić information content (AvgIpc) is 2.36. The van der Waals surface area contributed by atoms with Gasteiger partial charge < -0.3 is 10.6 Å². The summed E-state index contributed by atoms with van der Waals surface area (Å²) in [6.07, 6.45) is 2.09. The van der Waals surface area contributed by atoms with Crippen molar-refractivity contribution in [3.05, 3.63) is 22.8 Å². The van der Waals surface area contributed by atoms with Gasteiger partial charge in [-0.3, -0.25) is 4.79 Å². The summed E-state index contributed by atoms with van der Waals surface area (Å²) in [4.78, 5) is 18.2. The van der Waals surface area contributed by atoms with Gasteiger partial charge in [0.15, 0.2) is 0 Å². The van der Waals surface area contributed by atoms with Crippen molar-refractivity contribution >= 4 is 23.3 Å². The van der Waals surface area contributed by atoms with Crippen molar-refractivity contribution in [2.24, 2.45) is 11.3 Å². The van der Waals surface area contributed by atoms with Crippen LogP contribution in [0.3, 0.4) is 0 Å². The Hall–Kier alpha value is -1.29. The third-order valence-corrected chi connectivity index (χ3v) is 4.26. The molecule has 1 aliphatic rings. The van der Waals surface area contributed by atoms with E-state index in [1.54, 1.807) is 12.1 Å². The predicted molar refractivity (Wildman–Crippen MR) is 81.7 cm³/mol. The fraction of sp³-hybridized carbons (Fsp3) is 0.600. The number of hydrogen-bond donors (Lipinski definition) is 1. The van der Waals surface area contributed by atoms with Crippen molar-refractivity contribution in [1.29, 1.82) is 0 Å². The molecule has 1 aliphatic heterocycles. The highest BCUT2D eigenvalue weighted by molar-refractivity contribution is 6.29. The van der Waals surface area contributed by atoms with Gasteiger partial charge in [0, 0.05) is 18.7 Å². The zero-order valence-electron chi connectivity index (χ0n) is 12.3. The lowest BCUT2D eigenvalue weighted by Crippen LogP contribution is -2.41. The first-order valence-corrected chi connectivity index (χ1v) is 7.37. The SMILES string of the molecule is CC(C)(C)C1CCN(C(=O)c2cc(N)nc(Cl)c2)CC1. The van der Waals surface area contributed by atoms with Gasteiger partial charge in [0.25, 0.3) is 5.91 Å². The van der Waals surface area contributed by atoms with E-state index in [1.165, 1.54) is 0 Å². The second-order valence-electron chi connectivity index (χ2n) is 6.54. The number of likely N-dealkylation sites (tertiary alicyclic amines) is 1. The van der Waals surface area contributed by atoms with E-state index in [1.807, 2.05) is 4.90 Å². The molecule has 110 valence electrons. The molecule has 0 radical (unpaired) electrons. The highest BCUT2D eigenvalue weighted by atomic mass is 35.5. The van der Waals surface area contributed by atoms with E-state index in [9.17, 15) is 4.79 Å². The van der Waals surface area contributed by atoms with Crippen molar-refractivity contribution < 1.29 is 4.79 Å². The first kappa shape index (κ1) is 15.1. The average molecular weight is 296 g/mol. The number of rotatable bonds is 1. The van der Waals surface area contributed by atoms with E-state index in [-0.39, 0.29) is 16.9 Å². The predicted octanol–water partition coefficient (Wildman–Crippen LogP) is 3.22. The molecule has 20 heavy (non-hydrogen) atoms. The molecule has 1 aromatic rings. The van der Waals surface area contributed by atoms with Gasteiger partial charge in [-0.2, -0.15) is 0 Å². The molecule has 2 heterocycles. The number of piperidine rings is 1. The standard InChI is InChI=1S/C15H22ClN3O/c1-15(2,3)11-4-6-19(7-5-11)14(20)10-8-12(16)18-13(17)9-10/h8-9,11H,4-7H2,1-3H3,(H2,17,18). The number of nitrogens with zero attached hydrogens (tertiary/aromatic N) is 2. The number of anilines is 1. The molecule has 0 saturated carbocycles. The summed E-state index contributed by atoms with van der Waals surface area (Å²) in [5.41, 5.74) is 6.47. The summed E-state index contributed by atoms with van der Waals surface area (Å²) < 4.78 is 0. The molecule has 2 N–H and O–H groups in total. The smallest absolute Gasteiger partial charge is 0.254 e. The zero-order valence-corrected chi connectivity index (χ0v) is 13.1. The molecule has 5 heteroatoms. The summed E-state index contributed by atoms with van der Waals surface area (Å²) >= 11 is 5.85. The number of carbonyl (C=O) groups is 1. The molecule has 2 rings (SSSR count). The minimum Gasteiger partial charge on any atom is -0.384 e. The Morgan fingerprint density at radius 3 is 2.45 bits per heavy atom. The maximum atomic E-state index is 12.4. The normalized spacial score (nSPS) is 17.3. The topological polar surface area (TPSA) is 59.2 Å². The quantitative estimate of drug-likeness (QED) is 0.809. The van der Waals surface area contributed by atoms with Gasteiger partial charge in [-0.05, 0) is 36.3 Å². The molecule has 4 nitrogen and oxygen atoms in total. The van der Waals surface area contributed by atoms with Crippen LogP contribution in [-0.2, 0) is 0 Å². The maximum absolute atomic E-state index is 12.4. The Bertz CT molecular complexity index is 482. The van der Waals surface area contributed by atoms with Gasteiger partial charge in [-0.1, -0.05) is 32.4 Å². The van der Waals surface area contributed by atoms with Crippen molar-refractivity contribution in [2.75, 3.05) is 18.8 Å². The molecule has 1 amide bonds. The number of halogens is 1. The Balaban J connectivity index is 2.05. The number of pyridine rings is 1. The monoisotopic (exact) mass is 295 g/mol. The van der Waals surface area contributed by atoms with Crippen LogP contribution in [0, 0.1) is 11.3 Å². The molecule has 0 bridgehead atoms. The summed E-state index contributed by atoms with van der Waals surface area (Å²) in [7, 11) is 0. The van der Waals surface area contributed by atoms with Crippen molar-refractivity contribution in [3.63, 3.8) is 0 Å². The van der Waals surface area contributed by atoms with Gasteiger partial charge in [-0.25, -0.2) is 4.98 Å². The lowest BCUT2D eigenvalue weighted by molar-refractivity contribution is 0.0608. The second-order valence-corrected chi connectivity index (χ2v) is 6.92. The summed E-state index contributed by atoms with van der Waals surface area (Å²) in [5.74, 6) is 0.941. The van der Waals surface area contributed by atoms with Crippen LogP contribution in [0.1, 0.15) is 44.0 Å². The largest absolute Gasteiger partial charge is 0.384 e. The lowest BCUT2D eigenvalue weighted by Gasteiger charge is -2.38. The van der Waals surface area contributed by atoms with Gasteiger partial charge in [0.1, 0.15) is 11.0 Å². The Kier molecular flexibility index (Phi) is 4.23. The maximum Gasteiger partial charge on any atom is 0.254 e. The molecule has 0 unspecified atom stereocenters. The van der Waals surface area contributed by atoms with Crippen LogP contribution in [0.15, 0.2) is 12.1 Å². The van der Waals surface area contributed by atoms with E-state index in [0.29, 0.717) is 16.9 Å². The molecule has 1 saturated heterocycles. The van der Waals surface area contributed by atoms with E-state index in [2.05, 4.69) is 25.8 Å². The second kappa shape index (κ2) is 5.60. The molecule has 0 atom stereocenters. The lowest BCUT2D eigenvalue weighted by atomic mass is 9.75. The zero-order chi connectivity index (χ0) is 14.9. The van der Waals surface area contributed by atoms with Crippen LogP contribution in [-0.4, -0.2) is 28.9 Å². The molecule has 0 aromatic carbocycles. The van der Waals surface area contributed by atoms with Gasteiger partial charge in [0.05, 0.1) is 0 Å². The molecule has 0 aliphatic carbocycles. The number of nitrogens with two attached hydrogens (primary N) is 1. The van der Waals surface area contributed by atoms with Crippen molar-refractivity contribution in [3.8, 4) is 0 Å². The van der Waals surface area contributed by atoms with Crippen LogP contribution < -0.4 is 5.73 Å². The van der Waals surface area contributed by atoms with Crippen molar-refractivity contribution in [1.82, 2.24) is 9.88 Å². The van der Waals surface area contributed by atoms with E-state index < -0.39 is 0 Å². The molecule has 1 aromatic heterocycles. The Morgan fingerprint density at radius 2 is 1.95 bits per heavy atom. The van der Waals surface area contributed by atoms with Gasteiger partial charge >= 0.3 is 0 Å². The van der Waals surface area contributed by atoms with Crippen molar-refractivity contribution in [2.45, 2.75) is 33.6 Å². The fourth-order valence-corrected chi connectivity index (χ4v) is 2.99. The minimum atomic E-state index is -0.00615. The van der Waals surface area contributed by atoms with E-state index >= 15 is 0 Å². The molecule has 0 spiro atoms. The Morgan fingerprint density at radius 1 is 1.35 bits per heavy atom. The number of amides is 1. The molecular weight excluding hydrogens is 274 g/mol. The van der Waals surface area contributed by atoms with E-state index in [0.717, 1.165) is 25.9 Å². The number of carbonyl (C=O) groups excluding carboxylic acids is 1. The fourth-order valence-electron chi connectivity index (χ4n) is 2.77. The third kappa shape index (κ3) is 3.42. The van der Waals surface area contributed by atoms with Gasteiger partial charge in [-0.15, -0.1) is 0 Å². The highest BCUT2D eigenvalue weighted by Crippen LogP contribution is 2.34. The number of aromatic nitrogens is 1. The Labute approximate surface area is 125 Å². The van der Waals surface area contributed by atoms with Crippen LogP contribution in [0.5, 0.6) is 0 Å². The van der Waals surface area contributed by atoms with E-state index in [4.69, 9.17) is 17.3 Å². The first-order chi connectivity index (χ1) is 9.27. The number of hydrogen-bond acceptors (Lipinski definition) is 3. The summed E-state index contributed by atoms with van der Waals surface area (Å²) in [6, 6.07) is 3.17.